The van der Waals surface area contributed by atoms with Gasteiger partial charge in [-0.3, -0.25) is 9.10 Å². The predicted octanol–water partition coefficient (Wildman–Crippen LogP) is 3.11. The minimum atomic E-state index is 0.113. The van der Waals surface area contributed by atoms with E-state index in [-0.39, 0.29) is 5.91 Å². The average molecular weight is 268 g/mol. The SMILES string of the molecule is CCCC(=O)NC1=CC(SN(CC)CC)CC=C1. The number of nitrogens with zero attached hydrogens (tertiary/aromatic N) is 1. The zero-order valence-corrected chi connectivity index (χ0v) is 12.4. The number of carbonyl (C=O) groups is 1. The average Bonchev–Trinajstić information content (AvgIpc) is 2.36. The van der Waals surface area contributed by atoms with Crippen molar-refractivity contribution in [2.45, 2.75) is 45.3 Å². The van der Waals surface area contributed by atoms with Crippen molar-refractivity contribution >= 4 is 17.9 Å². The summed E-state index contributed by atoms with van der Waals surface area (Å²) in [6.45, 7) is 8.45. The second kappa shape index (κ2) is 8.38. The summed E-state index contributed by atoms with van der Waals surface area (Å²) in [4.78, 5) is 11.5. The lowest BCUT2D eigenvalue weighted by Gasteiger charge is -2.23. The lowest BCUT2D eigenvalue weighted by Crippen LogP contribution is -2.25. The highest BCUT2D eigenvalue weighted by Crippen LogP contribution is 2.24. The quantitative estimate of drug-likeness (QED) is 0.720. The Bertz CT molecular complexity index is 322. The van der Waals surface area contributed by atoms with Gasteiger partial charge in [0.15, 0.2) is 0 Å². The third-order valence-electron chi connectivity index (χ3n) is 2.78. The number of rotatable bonds is 7. The van der Waals surface area contributed by atoms with Gasteiger partial charge in [-0.15, -0.1) is 0 Å². The van der Waals surface area contributed by atoms with Crippen molar-refractivity contribution in [1.29, 1.82) is 0 Å². The summed E-state index contributed by atoms with van der Waals surface area (Å²) in [6, 6.07) is 0. The molecule has 0 saturated carbocycles. The molecule has 1 rings (SSSR count). The second-order valence-electron chi connectivity index (χ2n) is 4.32. The maximum absolute atomic E-state index is 11.5. The first-order valence-corrected chi connectivity index (χ1v) is 7.63. The van der Waals surface area contributed by atoms with Crippen molar-refractivity contribution in [1.82, 2.24) is 9.62 Å². The van der Waals surface area contributed by atoms with Crippen LogP contribution in [0.4, 0.5) is 0 Å². The minimum absolute atomic E-state index is 0.113. The normalized spacial score (nSPS) is 18.9. The van der Waals surface area contributed by atoms with E-state index in [0.29, 0.717) is 11.7 Å². The minimum Gasteiger partial charge on any atom is -0.326 e. The van der Waals surface area contributed by atoms with Crippen molar-refractivity contribution in [3.05, 3.63) is 23.9 Å². The van der Waals surface area contributed by atoms with E-state index in [1.807, 2.05) is 24.9 Å². The van der Waals surface area contributed by atoms with E-state index in [1.54, 1.807) is 0 Å². The summed E-state index contributed by atoms with van der Waals surface area (Å²) in [5, 5.41) is 3.40. The molecule has 0 fully saturated rings. The highest BCUT2D eigenvalue weighted by molar-refractivity contribution is 7.97. The molecule has 0 heterocycles. The summed E-state index contributed by atoms with van der Waals surface area (Å²) in [6.07, 6.45) is 8.83. The maximum Gasteiger partial charge on any atom is 0.224 e. The summed E-state index contributed by atoms with van der Waals surface area (Å²) < 4.78 is 2.34. The van der Waals surface area contributed by atoms with Crippen molar-refractivity contribution in [3.63, 3.8) is 0 Å². The van der Waals surface area contributed by atoms with Crippen LogP contribution in [0.25, 0.3) is 0 Å². The number of carbonyl (C=O) groups excluding carboxylic acids is 1. The van der Waals surface area contributed by atoms with Crippen LogP contribution in [-0.4, -0.2) is 28.6 Å². The number of amides is 1. The number of hydrogen-bond donors (Lipinski definition) is 1. The van der Waals surface area contributed by atoms with Gasteiger partial charge in [0, 0.05) is 30.5 Å². The molecule has 0 saturated heterocycles. The summed E-state index contributed by atoms with van der Waals surface area (Å²) in [5.74, 6) is 0.113. The van der Waals surface area contributed by atoms with Crippen LogP contribution in [0.2, 0.25) is 0 Å². The highest BCUT2D eigenvalue weighted by Gasteiger charge is 2.14. The number of nitrogens with one attached hydrogen (secondary N) is 1. The van der Waals surface area contributed by atoms with Gasteiger partial charge >= 0.3 is 0 Å². The maximum atomic E-state index is 11.5. The van der Waals surface area contributed by atoms with Crippen molar-refractivity contribution in [2.24, 2.45) is 0 Å². The van der Waals surface area contributed by atoms with Crippen LogP contribution >= 0.6 is 11.9 Å². The molecule has 0 radical (unpaired) electrons. The molecular formula is C14H24N2OS. The Labute approximate surface area is 115 Å². The molecule has 1 amide bonds. The molecule has 4 heteroatoms. The molecule has 1 aliphatic rings. The summed E-state index contributed by atoms with van der Waals surface area (Å²) >= 11 is 1.86. The van der Waals surface area contributed by atoms with E-state index < -0.39 is 0 Å². The Hall–Kier alpha value is -0.740. The molecule has 0 aromatic carbocycles. The summed E-state index contributed by atoms with van der Waals surface area (Å²) in [7, 11) is 0. The van der Waals surface area contributed by atoms with Gasteiger partial charge in [0.2, 0.25) is 5.91 Å². The fourth-order valence-corrected chi connectivity index (χ4v) is 2.91. The standard InChI is InChI=1S/C14H24N2OS/c1-4-8-14(17)15-12-9-7-10-13(11-12)18-16(5-2)6-3/h7,9,11,13H,4-6,8,10H2,1-3H3,(H,15,17). The molecule has 0 aliphatic heterocycles. The number of allylic oxidation sites excluding steroid dienone is 2. The number of hydrogen-bond acceptors (Lipinski definition) is 3. The van der Waals surface area contributed by atoms with Crippen molar-refractivity contribution < 1.29 is 4.79 Å². The van der Waals surface area contributed by atoms with E-state index in [9.17, 15) is 4.79 Å². The smallest absolute Gasteiger partial charge is 0.224 e. The first-order valence-electron chi connectivity index (χ1n) is 6.79. The molecule has 1 atom stereocenters. The van der Waals surface area contributed by atoms with Crippen LogP contribution in [0.15, 0.2) is 23.9 Å². The van der Waals surface area contributed by atoms with Crippen LogP contribution < -0.4 is 5.32 Å². The monoisotopic (exact) mass is 268 g/mol. The van der Waals surface area contributed by atoms with Gasteiger partial charge in [0.25, 0.3) is 0 Å². The third kappa shape index (κ3) is 5.27. The Kier molecular flexibility index (Phi) is 7.13. The van der Waals surface area contributed by atoms with E-state index in [0.717, 1.165) is 31.6 Å². The molecule has 1 N–H and O–H groups in total. The molecule has 3 nitrogen and oxygen atoms in total. The summed E-state index contributed by atoms with van der Waals surface area (Å²) in [5.41, 5.74) is 0.948. The molecule has 18 heavy (non-hydrogen) atoms. The van der Waals surface area contributed by atoms with Gasteiger partial charge in [0.05, 0.1) is 0 Å². The fraction of sp³-hybridized carbons (Fsp3) is 0.643. The lowest BCUT2D eigenvalue weighted by atomic mass is 10.1. The molecule has 102 valence electrons. The zero-order chi connectivity index (χ0) is 13.4. The van der Waals surface area contributed by atoms with E-state index in [2.05, 4.69) is 35.6 Å². The fourth-order valence-electron chi connectivity index (χ4n) is 1.82. The van der Waals surface area contributed by atoms with E-state index >= 15 is 0 Å². The van der Waals surface area contributed by atoms with Gasteiger partial charge in [-0.1, -0.05) is 38.8 Å². The molecule has 1 unspecified atom stereocenters. The lowest BCUT2D eigenvalue weighted by molar-refractivity contribution is -0.120. The Morgan fingerprint density at radius 3 is 2.78 bits per heavy atom. The first-order chi connectivity index (χ1) is 8.69. The molecule has 0 bridgehead atoms. The largest absolute Gasteiger partial charge is 0.326 e. The van der Waals surface area contributed by atoms with Gasteiger partial charge in [-0.25, -0.2) is 0 Å². The van der Waals surface area contributed by atoms with E-state index in [4.69, 9.17) is 0 Å². The van der Waals surface area contributed by atoms with Gasteiger partial charge in [-0.2, -0.15) is 0 Å². The molecule has 0 spiro atoms. The third-order valence-corrected chi connectivity index (χ3v) is 4.20. The Morgan fingerprint density at radius 1 is 1.44 bits per heavy atom. The zero-order valence-electron chi connectivity index (χ0n) is 11.6. The van der Waals surface area contributed by atoms with Crippen LogP contribution in [0.3, 0.4) is 0 Å². The van der Waals surface area contributed by atoms with Gasteiger partial charge in [0.1, 0.15) is 0 Å². The molecule has 1 aliphatic carbocycles. The Balaban J connectivity index is 2.50. The van der Waals surface area contributed by atoms with Gasteiger partial charge in [-0.05, 0) is 25.0 Å². The Morgan fingerprint density at radius 2 is 2.17 bits per heavy atom. The van der Waals surface area contributed by atoms with Crippen molar-refractivity contribution in [2.75, 3.05) is 13.1 Å². The molecular weight excluding hydrogens is 244 g/mol. The van der Waals surface area contributed by atoms with E-state index in [1.165, 1.54) is 0 Å². The van der Waals surface area contributed by atoms with Crippen LogP contribution in [-0.2, 0) is 4.79 Å². The topological polar surface area (TPSA) is 32.3 Å². The molecule has 0 aromatic heterocycles. The van der Waals surface area contributed by atoms with Crippen molar-refractivity contribution in [3.8, 4) is 0 Å². The van der Waals surface area contributed by atoms with Crippen LogP contribution in [0.1, 0.15) is 40.0 Å². The van der Waals surface area contributed by atoms with Crippen LogP contribution in [0, 0.1) is 0 Å². The predicted molar refractivity (Wildman–Crippen MR) is 79.2 cm³/mol. The second-order valence-corrected chi connectivity index (χ2v) is 5.65. The van der Waals surface area contributed by atoms with Gasteiger partial charge < -0.3 is 5.32 Å². The highest BCUT2D eigenvalue weighted by atomic mass is 32.2. The first kappa shape index (κ1) is 15.3. The molecule has 0 aromatic rings. The van der Waals surface area contributed by atoms with Crippen LogP contribution in [0.5, 0.6) is 0 Å².